The summed E-state index contributed by atoms with van der Waals surface area (Å²) in [6.45, 7) is 25.0. The van der Waals surface area contributed by atoms with Crippen LogP contribution in [0.25, 0.3) is 0 Å². The van der Waals surface area contributed by atoms with Crippen molar-refractivity contribution in [3.8, 4) is 0 Å². The van der Waals surface area contributed by atoms with Crippen molar-refractivity contribution >= 4 is 23.4 Å². The number of nitrogens with zero attached hydrogens (tertiary/aromatic N) is 1. The second kappa shape index (κ2) is 27.7. The molecule has 0 saturated heterocycles. The molecule has 0 saturated carbocycles. The maximum atomic E-state index is 14.8. The first-order chi connectivity index (χ1) is 25.7. The van der Waals surface area contributed by atoms with E-state index in [1.54, 1.807) is 0 Å². The fourth-order valence-electron chi connectivity index (χ4n) is 6.75. The highest BCUT2D eigenvalue weighted by Crippen LogP contribution is 2.36. The highest BCUT2D eigenvalue weighted by molar-refractivity contribution is 5.92. The summed E-state index contributed by atoms with van der Waals surface area (Å²) in [5.41, 5.74) is 2.94. The molecule has 0 aliphatic carbocycles. The van der Waals surface area contributed by atoms with Crippen LogP contribution in [0.3, 0.4) is 0 Å². The molecule has 0 rings (SSSR count). The highest BCUT2D eigenvalue weighted by atomic mass is 16.2. The molecule has 324 valence electrons. The summed E-state index contributed by atoms with van der Waals surface area (Å²) in [6.07, 6.45) is 13.2. The maximum absolute atomic E-state index is 14.8. The standard InChI is InChI=1S/C44H89N7O4/c1-13-15-16-19-28-42(5,6)49-36(25-27-38(53)48-33-22-30-46-31-23-34-51(11)12)40(55)43(7,8)44(9,10)50-35(39(54)41(3,4)14-2)24-26-37(52)47-32-21-18-17-20-29-45/h35-36,46,49-50H,13-34,45H2,1-12H3,(H,47,52)(H,48,53). The van der Waals surface area contributed by atoms with E-state index in [0.29, 0.717) is 38.9 Å². The quantitative estimate of drug-likeness (QED) is 0.0408. The van der Waals surface area contributed by atoms with E-state index in [9.17, 15) is 19.2 Å². The molecule has 0 radical (unpaired) electrons. The van der Waals surface area contributed by atoms with Crippen LogP contribution in [0.2, 0.25) is 0 Å². The molecule has 11 nitrogen and oxygen atoms in total. The third-order valence-corrected chi connectivity index (χ3v) is 11.7. The van der Waals surface area contributed by atoms with E-state index in [-0.39, 0.29) is 41.8 Å². The molecule has 11 heteroatoms. The summed E-state index contributed by atoms with van der Waals surface area (Å²) in [6, 6.07) is -1.17. The van der Waals surface area contributed by atoms with Gasteiger partial charge in [0.1, 0.15) is 0 Å². The van der Waals surface area contributed by atoms with Crippen molar-refractivity contribution in [1.29, 1.82) is 0 Å². The van der Waals surface area contributed by atoms with E-state index < -0.39 is 28.5 Å². The minimum atomic E-state index is -0.932. The minimum Gasteiger partial charge on any atom is -0.356 e. The van der Waals surface area contributed by atoms with E-state index in [4.69, 9.17) is 5.73 Å². The second-order valence-corrected chi connectivity index (χ2v) is 18.5. The van der Waals surface area contributed by atoms with Gasteiger partial charge in [0.25, 0.3) is 0 Å². The van der Waals surface area contributed by atoms with Gasteiger partial charge in [-0.1, -0.05) is 80.1 Å². The molecule has 0 spiro atoms. The van der Waals surface area contributed by atoms with Gasteiger partial charge in [0.15, 0.2) is 11.6 Å². The molecule has 2 atom stereocenters. The fraction of sp³-hybridized carbons (Fsp3) is 0.909. The van der Waals surface area contributed by atoms with E-state index in [1.807, 2.05) is 48.5 Å². The molecule has 0 aliphatic rings. The zero-order valence-electron chi connectivity index (χ0n) is 37.9. The molecule has 55 heavy (non-hydrogen) atoms. The molecule has 0 aromatic carbocycles. The number of nitrogens with one attached hydrogen (secondary N) is 5. The predicted molar refractivity (Wildman–Crippen MR) is 231 cm³/mol. The second-order valence-electron chi connectivity index (χ2n) is 18.5. The van der Waals surface area contributed by atoms with Crippen molar-refractivity contribution in [2.24, 2.45) is 16.6 Å². The van der Waals surface area contributed by atoms with Gasteiger partial charge in [-0.05, 0) is 119 Å². The zero-order valence-corrected chi connectivity index (χ0v) is 37.9. The van der Waals surface area contributed by atoms with Crippen molar-refractivity contribution in [3.05, 3.63) is 0 Å². The number of hydrogen-bond donors (Lipinski definition) is 6. The first-order valence-electron chi connectivity index (χ1n) is 21.9. The average molecular weight is 780 g/mol. The molecule has 0 bridgehead atoms. The van der Waals surface area contributed by atoms with Gasteiger partial charge in [-0.2, -0.15) is 0 Å². The molecule has 0 aromatic rings. The third kappa shape index (κ3) is 22.6. The number of amides is 2. The smallest absolute Gasteiger partial charge is 0.220 e. The van der Waals surface area contributed by atoms with Crippen LogP contribution in [0.15, 0.2) is 0 Å². The Morgan fingerprint density at radius 3 is 1.69 bits per heavy atom. The van der Waals surface area contributed by atoms with Crippen molar-refractivity contribution in [2.75, 3.05) is 53.4 Å². The summed E-state index contributed by atoms with van der Waals surface area (Å²) < 4.78 is 0. The molecular formula is C44H89N7O4. The number of ketones is 2. The van der Waals surface area contributed by atoms with E-state index in [2.05, 4.69) is 66.4 Å². The lowest BCUT2D eigenvalue weighted by Gasteiger charge is -2.46. The van der Waals surface area contributed by atoms with E-state index in [1.165, 1.54) is 6.42 Å². The Morgan fingerprint density at radius 2 is 1.15 bits per heavy atom. The van der Waals surface area contributed by atoms with Crippen molar-refractivity contribution in [1.82, 2.24) is 31.5 Å². The third-order valence-electron chi connectivity index (χ3n) is 11.7. The number of carbonyl (C=O) groups excluding carboxylic acids is 4. The SMILES string of the molecule is CCCCCCC(C)(C)NC(CCC(=O)NCCCNCCCN(C)C)C(=O)C(C)(C)C(C)(C)NC(CCC(=O)NCCCCCCN)C(=O)C(C)(C)CC. The normalized spacial score (nSPS) is 13.9. The molecule has 2 unspecified atom stereocenters. The largest absolute Gasteiger partial charge is 0.356 e. The predicted octanol–water partition coefficient (Wildman–Crippen LogP) is 6.27. The van der Waals surface area contributed by atoms with Crippen molar-refractivity contribution < 1.29 is 19.2 Å². The van der Waals surface area contributed by atoms with Crippen LogP contribution in [-0.4, -0.2) is 105 Å². The highest BCUT2D eigenvalue weighted by Gasteiger charge is 2.48. The van der Waals surface area contributed by atoms with Crippen LogP contribution in [0.1, 0.15) is 172 Å². The van der Waals surface area contributed by atoms with Crippen LogP contribution < -0.4 is 32.3 Å². The van der Waals surface area contributed by atoms with E-state index in [0.717, 1.165) is 83.8 Å². The van der Waals surface area contributed by atoms with Gasteiger partial charge in [-0.25, -0.2) is 0 Å². The van der Waals surface area contributed by atoms with Gasteiger partial charge in [0.2, 0.25) is 11.8 Å². The topological polar surface area (TPSA) is 158 Å². The van der Waals surface area contributed by atoms with Gasteiger partial charge in [-0.15, -0.1) is 0 Å². The Hall–Kier alpha value is -1.92. The van der Waals surface area contributed by atoms with Crippen LogP contribution in [0.4, 0.5) is 0 Å². The monoisotopic (exact) mass is 780 g/mol. The molecular weight excluding hydrogens is 691 g/mol. The first-order valence-corrected chi connectivity index (χ1v) is 21.9. The lowest BCUT2D eigenvalue weighted by molar-refractivity contribution is -0.137. The van der Waals surface area contributed by atoms with Crippen LogP contribution in [-0.2, 0) is 19.2 Å². The van der Waals surface area contributed by atoms with Gasteiger partial charge in [0, 0.05) is 47.8 Å². The molecule has 2 amide bonds. The summed E-state index contributed by atoms with van der Waals surface area (Å²) in [5, 5.41) is 16.8. The summed E-state index contributed by atoms with van der Waals surface area (Å²) in [4.78, 5) is 57.0. The van der Waals surface area contributed by atoms with Crippen LogP contribution in [0.5, 0.6) is 0 Å². The Labute approximate surface area is 338 Å². The minimum absolute atomic E-state index is 0.00897. The Balaban J connectivity index is 5.91. The van der Waals surface area contributed by atoms with Gasteiger partial charge >= 0.3 is 0 Å². The summed E-state index contributed by atoms with van der Waals surface area (Å²) >= 11 is 0. The Bertz CT molecular complexity index is 1090. The Morgan fingerprint density at radius 1 is 0.618 bits per heavy atom. The summed E-state index contributed by atoms with van der Waals surface area (Å²) in [5.74, 6) is -0.0655. The number of Topliss-reactive ketones (excluding diaryl/α,β-unsaturated/α-hetero) is 2. The number of rotatable bonds is 35. The Kier molecular flexibility index (Phi) is 26.7. The van der Waals surface area contributed by atoms with Crippen molar-refractivity contribution in [2.45, 2.75) is 195 Å². The van der Waals surface area contributed by atoms with E-state index >= 15 is 0 Å². The van der Waals surface area contributed by atoms with Gasteiger partial charge in [-0.3, -0.25) is 19.2 Å². The first kappa shape index (κ1) is 53.1. The number of hydrogen-bond acceptors (Lipinski definition) is 9. The number of unbranched alkanes of at least 4 members (excludes halogenated alkanes) is 6. The summed E-state index contributed by atoms with van der Waals surface area (Å²) in [7, 11) is 4.15. The van der Waals surface area contributed by atoms with Gasteiger partial charge in [0.05, 0.1) is 12.1 Å². The molecule has 0 aliphatic heterocycles. The fourth-order valence-corrected chi connectivity index (χ4v) is 6.75. The number of nitrogens with two attached hydrogens (primary N) is 1. The molecule has 0 aromatic heterocycles. The van der Waals surface area contributed by atoms with Crippen LogP contribution >= 0.6 is 0 Å². The molecule has 7 N–H and O–H groups in total. The molecule has 0 heterocycles. The molecule has 0 fully saturated rings. The lowest BCUT2D eigenvalue weighted by Crippen LogP contribution is -2.64. The maximum Gasteiger partial charge on any atom is 0.220 e. The van der Waals surface area contributed by atoms with Gasteiger partial charge < -0.3 is 37.2 Å². The number of carbonyl (C=O) groups is 4. The van der Waals surface area contributed by atoms with Crippen LogP contribution in [0, 0.1) is 10.8 Å². The van der Waals surface area contributed by atoms with Crippen molar-refractivity contribution in [3.63, 3.8) is 0 Å². The average Bonchev–Trinajstić information content (AvgIpc) is 3.11. The zero-order chi connectivity index (χ0) is 42.1. The lowest BCUT2D eigenvalue weighted by atomic mass is 9.67.